The van der Waals surface area contributed by atoms with Crippen molar-refractivity contribution in [2.24, 2.45) is 17.8 Å². The third-order valence-electron chi connectivity index (χ3n) is 8.89. The van der Waals surface area contributed by atoms with Crippen LogP contribution in [-0.2, 0) is 5.41 Å². The van der Waals surface area contributed by atoms with Crippen molar-refractivity contribution in [3.05, 3.63) is 86.7 Å². The summed E-state index contributed by atoms with van der Waals surface area (Å²) in [5.74, 6) is 2.85. The number of aryl methyl sites for hydroxylation is 1. The van der Waals surface area contributed by atoms with Crippen LogP contribution in [0, 0.1) is 42.9 Å². The Labute approximate surface area is 218 Å². The second-order valence-corrected chi connectivity index (χ2v) is 12.0. The fourth-order valence-corrected chi connectivity index (χ4v) is 8.30. The van der Waals surface area contributed by atoms with E-state index in [9.17, 15) is 5.26 Å². The van der Waals surface area contributed by atoms with Crippen LogP contribution < -0.4 is 0 Å². The number of hydrogen-bond acceptors (Lipinski definition) is 1. The molecule has 4 aliphatic carbocycles. The van der Waals surface area contributed by atoms with Crippen LogP contribution in [0.2, 0.25) is 10.0 Å². The van der Waals surface area contributed by atoms with Crippen molar-refractivity contribution >= 4 is 34.9 Å². The minimum Gasteiger partial charge on any atom is -0.318 e. The molecule has 4 aliphatic rings. The van der Waals surface area contributed by atoms with Gasteiger partial charge in [-0.15, -0.1) is 0 Å². The predicted octanol–water partition coefficient (Wildman–Crippen LogP) is 8.93. The lowest BCUT2D eigenvalue weighted by molar-refractivity contribution is -0.00518. The zero-order chi connectivity index (χ0) is 24.3. The summed E-state index contributed by atoms with van der Waals surface area (Å²) < 4.78 is 2.29. The number of nitriles is 1. The molecule has 178 valence electrons. The van der Waals surface area contributed by atoms with Gasteiger partial charge >= 0.3 is 0 Å². The van der Waals surface area contributed by atoms with E-state index in [-0.39, 0.29) is 0 Å². The number of rotatable bonds is 4. The first kappa shape index (κ1) is 23.0. The molecule has 0 radical (unpaired) electrons. The molecule has 1 aromatic heterocycles. The minimum absolute atomic E-state index is 0.418. The number of nitrogens with zero attached hydrogens (tertiary/aromatic N) is 2. The van der Waals surface area contributed by atoms with Gasteiger partial charge in [0, 0.05) is 27.7 Å². The summed E-state index contributed by atoms with van der Waals surface area (Å²) in [5.41, 5.74) is 7.66. The molecule has 2 nitrogen and oxygen atoms in total. The van der Waals surface area contributed by atoms with Gasteiger partial charge in [0.1, 0.15) is 0 Å². The maximum Gasteiger partial charge on any atom is 0.0998 e. The molecule has 3 aromatic rings. The van der Waals surface area contributed by atoms with Crippen LogP contribution in [0.25, 0.3) is 17.3 Å². The monoisotopic (exact) mass is 500 g/mol. The van der Waals surface area contributed by atoms with Crippen molar-refractivity contribution < 1.29 is 0 Å². The van der Waals surface area contributed by atoms with Gasteiger partial charge in [-0.25, -0.2) is 0 Å². The molecule has 0 saturated heterocycles. The Morgan fingerprint density at radius 1 is 0.943 bits per heavy atom. The highest BCUT2D eigenvalue weighted by Crippen LogP contribution is 2.60. The van der Waals surface area contributed by atoms with E-state index in [0.717, 1.165) is 34.7 Å². The smallest absolute Gasteiger partial charge is 0.0998 e. The molecule has 4 heteroatoms. The van der Waals surface area contributed by atoms with Crippen molar-refractivity contribution in [1.82, 2.24) is 4.57 Å². The van der Waals surface area contributed by atoms with Gasteiger partial charge in [0.25, 0.3) is 0 Å². The molecule has 1 heterocycles. The Hall–Kier alpha value is -2.47. The zero-order valence-electron chi connectivity index (χ0n) is 20.3. The van der Waals surface area contributed by atoms with E-state index < -0.39 is 0 Å². The Morgan fingerprint density at radius 3 is 2.14 bits per heavy atom. The first-order valence-corrected chi connectivity index (χ1v) is 13.5. The highest BCUT2D eigenvalue weighted by atomic mass is 35.5. The van der Waals surface area contributed by atoms with Gasteiger partial charge < -0.3 is 4.57 Å². The Morgan fingerprint density at radius 2 is 1.57 bits per heavy atom. The summed E-state index contributed by atoms with van der Waals surface area (Å²) in [4.78, 5) is 0. The first-order chi connectivity index (χ1) is 16.8. The molecule has 0 amide bonds. The molecule has 0 spiro atoms. The van der Waals surface area contributed by atoms with E-state index in [4.69, 9.17) is 23.2 Å². The van der Waals surface area contributed by atoms with Crippen LogP contribution >= 0.6 is 23.2 Å². The number of halogens is 2. The Kier molecular flexibility index (Phi) is 5.63. The molecule has 4 bridgehead atoms. The highest BCUT2D eigenvalue weighted by molar-refractivity contribution is 6.36. The lowest BCUT2D eigenvalue weighted by Crippen LogP contribution is -2.48. The van der Waals surface area contributed by atoms with Crippen LogP contribution in [-0.4, -0.2) is 4.57 Å². The average molecular weight is 502 g/mol. The maximum atomic E-state index is 9.85. The van der Waals surface area contributed by atoms with E-state index in [2.05, 4.69) is 54.8 Å². The first-order valence-electron chi connectivity index (χ1n) is 12.7. The maximum absolute atomic E-state index is 9.85. The molecule has 2 aromatic carbocycles. The second kappa shape index (κ2) is 8.58. The second-order valence-electron chi connectivity index (χ2n) is 11.2. The predicted molar refractivity (Wildman–Crippen MR) is 145 cm³/mol. The summed E-state index contributed by atoms with van der Waals surface area (Å²) in [6.07, 6.45) is 10.5. The Balaban J connectivity index is 1.32. The van der Waals surface area contributed by atoms with Crippen LogP contribution in [0.15, 0.2) is 48.5 Å². The quantitative estimate of drug-likeness (QED) is 0.328. The Bertz CT molecular complexity index is 1330. The molecule has 35 heavy (non-hydrogen) atoms. The van der Waals surface area contributed by atoms with Crippen LogP contribution in [0.1, 0.15) is 66.6 Å². The van der Waals surface area contributed by atoms with E-state index in [0.29, 0.717) is 26.6 Å². The highest BCUT2D eigenvalue weighted by Gasteiger charge is 2.51. The third-order valence-corrected chi connectivity index (χ3v) is 9.44. The molecule has 0 unspecified atom stereocenters. The molecular formula is C31H30Cl2N2. The van der Waals surface area contributed by atoms with Crippen molar-refractivity contribution in [3.8, 4) is 11.8 Å². The van der Waals surface area contributed by atoms with E-state index >= 15 is 0 Å². The number of benzene rings is 2. The van der Waals surface area contributed by atoms with Crippen molar-refractivity contribution in [2.75, 3.05) is 0 Å². The molecule has 7 rings (SSSR count). The van der Waals surface area contributed by atoms with Gasteiger partial charge in [-0.1, -0.05) is 41.4 Å². The van der Waals surface area contributed by atoms with E-state index in [1.54, 1.807) is 17.7 Å². The van der Waals surface area contributed by atoms with Gasteiger partial charge in [0.05, 0.1) is 16.7 Å². The lowest BCUT2D eigenvalue weighted by Gasteiger charge is -2.57. The number of aromatic nitrogens is 1. The molecule has 0 N–H and O–H groups in total. The fourth-order valence-electron chi connectivity index (χ4n) is 7.79. The van der Waals surface area contributed by atoms with Gasteiger partial charge in [-0.05, 0) is 123 Å². The summed E-state index contributed by atoms with van der Waals surface area (Å²) >= 11 is 12.4. The van der Waals surface area contributed by atoms with E-state index in [1.807, 2.05) is 12.1 Å². The van der Waals surface area contributed by atoms with Crippen molar-refractivity contribution in [2.45, 2.75) is 57.8 Å². The van der Waals surface area contributed by atoms with Crippen LogP contribution in [0.5, 0.6) is 0 Å². The fraction of sp³-hybridized carbons (Fsp3) is 0.387. The summed E-state index contributed by atoms with van der Waals surface area (Å²) in [6.45, 7) is 4.24. The largest absolute Gasteiger partial charge is 0.318 e. The van der Waals surface area contributed by atoms with Crippen molar-refractivity contribution in [1.29, 1.82) is 5.26 Å². The van der Waals surface area contributed by atoms with Crippen LogP contribution in [0.3, 0.4) is 0 Å². The number of allylic oxidation sites excluding steroid dienone is 1. The SMILES string of the molecule is Cc1cc(/C=C(/C#N)c2ccc(Cl)cc2Cl)c(C)n1-c1ccc(C23CC4CC(CC(C4)C2)C3)cc1. The average Bonchev–Trinajstić information content (AvgIpc) is 3.09. The zero-order valence-corrected chi connectivity index (χ0v) is 21.8. The van der Waals surface area contributed by atoms with E-state index in [1.165, 1.54) is 44.2 Å². The summed E-state index contributed by atoms with van der Waals surface area (Å²) in [5, 5.41) is 10.9. The van der Waals surface area contributed by atoms with Gasteiger partial charge in [-0.3, -0.25) is 0 Å². The molecule has 4 fully saturated rings. The summed E-state index contributed by atoms with van der Waals surface area (Å²) in [6, 6.07) is 19.1. The van der Waals surface area contributed by atoms with Gasteiger partial charge in [0.2, 0.25) is 0 Å². The molecule has 4 saturated carbocycles. The van der Waals surface area contributed by atoms with Crippen molar-refractivity contribution in [3.63, 3.8) is 0 Å². The molecule has 0 aliphatic heterocycles. The lowest BCUT2D eigenvalue weighted by atomic mass is 9.48. The minimum atomic E-state index is 0.418. The topological polar surface area (TPSA) is 28.7 Å². The van der Waals surface area contributed by atoms with Gasteiger partial charge in [-0.2, -0.15) is 5.26 Å². The van der Waals surface area contributed by atoms with Crippen LogP contribution in [0.4, 0.5) is 0 Å². The summed E-state index contributed by atoms with van der Waals surface area (Å²) in [7, 11) is 0. The molecule has 0 atom stereocenters. The third kappa shape index (κ3) is 3.94. The normalized spacial score (nSPS) is 27.3. The number of hydrogen-bond donors (Lipinski definition) is 0. The van der Waals surface area contributed by atoms with Gasteiger partial charge in [0.15, 0.2) is 0 Å². The standard InChI is InChI=1S/C31H30Cl2N2/c1-19-9-24(13-25(18-34)29-8-5-27(32)14-30(29)33)20(2)35(19)28-6-3-26(4-7-28)31-15-21-10-22(16-31)12-23(11-21)17-31/h3-9,13-14,21-23H,10-12,15-17H2,1-2H3/b25-13-. The molecular weight excluding hydrogens is 471 g/mol.